The predicted octanol–water partition coefficient (Wildman–Crippen LogP) is 4.09. The van der Waals surface area contributed by atoms with Crippen molar-refractivity contribution in [3.8, 4) is 22.1 Å². The normalized spacial score (nSPS) is 11.5. The Hall–Kier alpha value is -3.03. The molecule has 9 nitrogen and oxygen atoms in total. The van der Waals surface area contributed by atoms with Crippen LogP contribution in [0, 0.1) is 6.92 Å². The van der Waals surface area contributed by atoms with Crippen LogP contribution in [0.1, 0.15) is 16.1 Å². The topological polar surface area (TPSA) is 102 Å². The zero-order chi connectivity index (χ0) is 24.9. The van der Waals surface area contributed by atoms with Gasteiger partial charge in [0.05, 0.1) is 25.4 Å². The smallest absolute Gasteiger partial charge is 0.401 e. The molecular formula is C20H20ClF3N6O3S. The van der Waals surface area contributed by atoms with Crippen LogP contribution >= 0.6 is 22.9 Å². The van der Waals surface area contributed by atoms with E-state index in [1.54, 1.807) is 19.1 Å². The van der Waals surface area contributed by atoms with Crippen LogP contribution in [0.5, 0.6) is 10.9 Å². The standard InChI is InChI=1S/C20H20ClF3N6O3S/c1-11-6-12(13-7-16(21)26-9-15(13)32-3)14(8-25-11)17(31)27-18-28-29-19(34-18)33-5-4-30(2)10-20(22,23)24/h6-9H,4-5,10H2,1-3H3,(H,27,28,31). The van der Waals surface area contributed by atoms with Crippen LogP contribution in [0.4, 0.5) is 18.3 Å². The van der Waals surface area contributed by atoms with Gasteiger partial charge in [-0.25, -0.2) is 4.98 Å². The molecule has 0 aliphatic carbocycles. The monoisotopic (exact) mass is 516 g/mol. The molecule has 0 aliphatic rings. The van der Waals surface area contributed by atoms with E-state index in [9.17, 15) is 18.0 Å². The SMILES string of the molecule is COc1cnc(Cl)cc1-c1cc(C)ncc1C(=O)Nc1nnc(OCCN(C)CC(F)(F)F)s1. The summed E-state index contributed by atoms with van der Waals surface area (Å²) < 4.78 is 47.8. The summed E-state index contributed by atoms with van der Waals surface area (Å²) >= 11 is 6.99. The largest absolute Gasteiger partial charge is 0.494 e. The maximum absolute atomic E-state index is 13.0. The Morgan fingerprint density at radius 2 is 1.97 bits per heavy atom. The first-order valence-electron chi connectivity index (χ1n) is 9.75. The van der Waals surface area contributed by atoms with E-state index in [-0.39, 0.29) is 34.2 Å². The highest BCUT2D eigenvalue weighted by molar-refractivity contribution is 7.17. The van der Waals surface area contributed by atoms with E-state index >= 15 is 0 Å². The molecule has 0 saturated carbocycles. The van der Waals surface area contributed by atoms with Crippen molar-refractivity contribution in [3.63, 3.8) is 0 Å². The van der Waals surface area contributed by atoms with E-state index in [0.717, 1.165) is 16.2 Å². The quantitative estimate of drug-likeness (QED) is 0.424. The van der Waals surface area contributed by atoms with Crippen molar-refractivity contribution in [2.75, 3.05) is 39.2 Å². The molecule has 0 atom stereocenters. The van der Waals surface area contributed by atoms with Crippen molar-refractivity contribution < 1.29 is 27.4 Å². The fourth-order valence-electron chi connectivity index (χ4n) is 2.91. The van der Waals surface area contributed by atoms with Crippen LogP contribution in [-0.2, 0) is 0 Å². The van der Waals surface area contributed by atoms with Crippen molar-refractivity contribution >= 4 is 34.0 Å². The molecule has 1 amide bonds. The number of ether oxygens (including phenoxy) is 2. The highest BCUT2D eigenvalue weighted by Gasteiger charge is 2.29. The lowest BCUT2D eigenvalue weighted by atomic mass is 10.0. The molecule has 1 N–H and O–H groups in total. The minimum atomic E-state index is -4.29. The average molecular weight is 517 g/mol. The van der Waals surface area contributed by atoms with E-state index < -0.39 is 18.6 Å². The summed E-state index contributed by atoms with van der Waals surface area (Å²) in [7, 11) is 2.81. The van der Waals surface area contributed by atoms with Gasteiger partial charge in [0.25, 0.3) is 11.1 Å². The first kappa shape index (κ1) is 25.6. The van der Waals surface area contributed by atoms with Crippen molar-refractivity contribution in [2.24, 2.45) is 0 Å². The molecule has 3 heterocycles. The number of pyridine rings is 2. The second-order valence-electron chi connectivity index (χ2n) is 7.11. The summed E-state index contributed by atoms with van der Waals surface area (Å²) in [6.07, 6.45) is -1.41. The fraction of sp³-hybridized carbons (Fsp3) is 0.350. The number of rotatable bonds is 9. The van der Waals surface area contributed by atoms with Gasteiger partial charge in [-0.15, -0.1) is 5.10 Å². The molecular weight excluding hydrogens is 497 g/mol. The van der Waals surface area contributed by atoms with Crippen LogP contribution in [0.3, 0.4) is 0 Å². The number of likely N-dealkylation sites (N-methyl/N-ethyl adjacent to an activating group) is 1. The Kier molecular flexibility index (Phi) is 8.23. The van der Waals surface area contributed by atoms with Gasteiger partial charge in [0.15, 0.2) is 0 Å². The highest BCUT2D eigenvalue weighted by atomic mass is 35.5. The Morgan fingerprint density at radius 3 is 2.68 bits per heavy atom. The lowest BCUT2D eigenvalue weighted by Crippen LogP contribution is -2.33. The van der Waals surface area contributed by atoms with Gasteiger partial charge in [0.2, 0.25) is 5.13 Å². The van der Waals surface area contributed by atoms with Gasteiger partial charge >= 0.3 is 6.18 Å². The Balaban J connectivity index is 1.71. The van der Waals surface area contributed by atoms with E-state index in [2.05, 4.69) is 25.5 Å². The number of halogens is 4. The number of alkyl halides is 3. The van der Waals surface area contributed by atoms with Gasteiger partial charge in [-0.1, -0.05) is 16.7 Å². The zero-order valence-corrected chi connectivity index (χ0v) is 19.9. The number of nitrogens with zero attached hydrogens (tertiary/aromatic N) is 5. The van der Waals surface area contributed by atoms with Gasteiger partial charge in [0.1, 0.15) is 17.5 Å². The van der Waals surface area contributed by atoms with Crippen LogP contribution < -0.4 is 14.8 Å². The number of anilines is 1. The Bertz CT molecular complexity index is 1160. The van der Waals surface area contributed by atoms with Gasteiger partial charge in [-0.05, 0) is 37.4 Å². The maximum atomic E-state index is 13.0. The van der Waals surface area contributed by atoms with Crippen molar-refractivity contribution in [2.45, 2.75) is 13.1 Å². The molecule has 3 rings (SSSR count). The Morgan fingerprint density at radius 1 is 1.21 bits per heavy atom. The Labute approximate surface area is 201 Å². The van der Waals surface area contributed by atoms with Gasteiger partial charge in [0, 0.05) is 29.6 Å². The summed E-state index contributed by atoms with van der Waals surface area (Å²) in [4.78, 5) is 22.3. The van der Waals surface area contributed by atoms with E-state index in [1.165, 1.54) is 26.6 Å². The molecule has 0 spiro atoms. The molecule has 0 aromatic carbocycles. The number of nitrogens with one attached hydrogen (secondary N) is 1. The molecule has 0 aliphatic heterocycles. The molecule has 14 heteroatoms. The first-order chi connectivity index (χ1) is 16.1. The molecule has 0 fully saturated rings. The number of carbonyl (C=O) groups excluding carboxylic acids is 1. The number of aromatic nitrogens is 4. The summed E-state index contributed by atoms with van der Waals surface area (Å²) in [5.74, 6) is -0.0868. The van der Waals surface area contributed by atoms with Crippen molar-refractivity contribution in [1.82, 2.24) is 25.1 Å². The molecule has 0 unspecified atom stereocenters. The fourth-order valence-corrected chi connectivity index (χ4v) is 3.68. The average Bonchev–Trinajstić information content (AvgIpc) is 3.19. The predicted molar refractivity (Wildman–Crippen MR) is 121 cm³/mol. The molecule has 34 heavy (non-hydrogen) atoms. The number of amides is 1. The second-order valence-corrected chi connectivity index (χ2v) is 8.43. The van der Waals surface area contributed by atoms with Gasteiger partial charge in [-0.3, -0.25) is 20.0 Å². The third-order valence-corrected chi connectivity index (χ3v) is 5.36. The lowest BCUT2D eigenvalue weighted by Gasteiger charge is -2.17. The van der Waals surface area contributed by atoms with Crippen molar-refractivity contribution in [1.29, 1.82) is 0 Å². The first-order valence-corrected chi connectivity index (χ1v) is 10.9. The number of carbonyl (C=O) groups is 1. The number of methoxy groups -OCH3 is 1. The van der Waals surface area contributed by atoms with Crippen molar-refractivity contribution in [3.05, 3.63) is 40.9 Å². The third kappa shape index (κ3) is 6.98. The van der Waals surface area contributed by atoms with Crippen LogP contribution in [0.2, 0.25) is 5.15 Å². The molecule has 0 radical (unpaired) electrons. The van der Waals surface area contributed by atoms with Gasteiger partial charge in [-0.2, -0.15) is 13.2 Å². The molecule has 182 valence electrons. The summed E-state index contributed by atoms with van der Waals surface area (Å²) in [5, 5.41) is 10.8. The number of hydrogen-bond acceptors (Lipinski definition) is 9. The second kappa shape index (κ2) is 10.9. The van der Waals surface area contributed by atoms with E-state index in [4.69, 9.17) is 21.1 Å². The molecule has 3 aromatic rings. The highest BCUT2D eigenvalue weighted by Crippen LogP contribution is 2.34. The van der Waals surface area contributed by atoms with Crippen LogP contribution in [-0.4, -0.2) is 71.0 Å². The van der Waals surface area contributed by atoms with Crippen LogP contribution in [0.15, 0.2) is 24.5 Å². The summed E-state index contributed by atoms with van der Waals surface area (Å²) in [6.45, 7) is 0.744. The summed E-state index contributed by atoms with van der Waals surface area (Å²) in [6, 6.07) is 3.30. The molecule has 0 saturated heterocycles. The molecule has 3 aromatic heterocycles. The zero-order valence-electron chi connectivity index (χ0n) is 18.3. The number of hydrogen-bond donors (Lipinski definition) is 1. The number of aryl methyl sites for hydroxylation is 1. The summed E-state index contributed by atoms with van der Waals surface area (Å²) in [5.41, 5.74) is 1.99. The van der Waals surface area contributed by atoms with Gasteiger partial charge < -0.3 is 9.47 Å². The maximum Gasteiger partial charge on any atom is 0.401 e. The lowest BCUT2D eigenvalue weighted by molar-refractivity contribution is -0.143. The van der Waals surface area contributed by atoms with Crippen LogP contribution in [0.25, 0.3) is 11.1 Å². The third-order valence-electron chi connectivity index (χ3n) is 4.40. The minimum Gasteiger partial charge on any atom is -0.494 e. The minimum absolute atomic E-state index is 0.0240. The van der Waals surface area contributed by atoms with E-state index in [1.807, 2.05) is 0 Å². The van der Waals surface area contributed by atoms with E-state index in [0.29, 0.717) is 22.6 Å². The molecule has 0 bridgehead atoms.